The molecule has 1 aromatic heterocycles. The van der Waals surface area contributed by atoms with E-state index in [9.17, 15) is 18.0 Å². The Labute approximate surface area is 170 Å². The van der Waals surface area contributed by atoms with Crippen LogP contribution in [0.1, 0.15) is 48.7 Å². The molecule has 1 N–H and O–H groups in total. The number of carbonyl (C=O) groups excluding carboxylic acids is 1. The summed E-state index contributed by atoms with van der Waals surface area (Å²) in [6, 6.07) is 2.84. The Morgan fingerprint density at radius 1 is 1.13 bits per heavy atom. The Kier molecular flexibility index (Phi) is 5.18. The lowest BCUT2D eigenvalue weighted by molar-refractivity contribution is -0.137. The number of hydrogen-bond donors (Lipinski definition) is 1. The fourth-order valence-corrected chi connectivity index (χ4v) is 4.45. The maximum absolute atomic E-state index is 15.2. The summed E-state index contributed by atoms with van der Waals surface area (Å²) in [5, 5.41) is 2.58. The molecular weight excluding hydrogens is 407 g/mol. The first-order chi connectivity index (χ1) is 14.1. The van der Waals surface area contributed by atoms with Gasteiger partial charge in [-0.2, -0.15) is 13.2 Å². The molecule has 1 aliphatic carbocycles. The van der Waals surface area contributed by atoms with Crippen molar-refractivity contribution in [3.05, 3.63) is 29.5 Å². The monoisotopic (exact) mass is 430 g/mol. The molecule has 1 fully saturated rings. The van der Waals surface area contributed by atoms with Gasteiger partial charge >= 0.3 is 6.18 Å². The van der Waals surface area contributed by atoms with Crippen molar-refractivity contribution in [1.29, 1.82) is 0 Å². The zero-order valence-electron chi connectivity index (χ0n) is 16.5. The molecule has 0 atom stereocenters. The van der Waals surface area contributed by atoms with Gasteiger partial charge in [0.1, 0.15) is 5.58 Å². The van der Waals surface area contributed by atoms with E-state index in [0.29, 0.717) is 18.8 Å². The first-order valence-electron chi connectivity index (χ1n) is 10.1. The van der Waals surface area contributed by atoms with Gasteiger partial charge in [0.2, 0.25) is 5.76 Å². The normalized spacial score (nSPS) is 23.3. The molecule has 1 amide bonds. The second-order valence-electron chi connectivity index (χ2n) is 8.38. The van der Waals surface area contributed by atoms with E-state index in [0.717, 1.165) is 31.0 Å². The minimum Gasteiger partial charge on any atom is -0.449 e. The maximum atomic E-state index is 15.2. The Hall–Kier alpha value is -2.32. The van der Waals surface area contributed by atoms with E-state index in [4.69, 9.17) is 4.42 Å². The van der Waals surface area contributed by atoms with E-state index in [1.165, 1.54) is 4.90 Å². The molecule has 2 aliphatic rings. The molecule has 1 saturated carbocycles. The van der Waals surface area contributed by atoms with Crippen LogP contribution in [0.3, 0.4) is 0 Å². The van der Waals surface area contributed by atoms with Gasteiger partial charge in [0.05, 0.1) is 17.8 Å². The van der Waals surface area contributed by atoms with Crippen LogP contribution in [0, 0.1) is 11.8 Å². The van der Waals surface area contributed by atoms with Gasteiger partial charge in [0.15, 0.2) is 0 Å². The van der Waals surface area contributed by atoms with Crippen LogP contribution in [0.2, 0.25) is 0 Å². The number of anilines is 1. The second-order valence-corrected chi connectivity index (χ2v) is 8.38. The van der Waals surface area contributed by atoms with Gasteiger partial charge < -0.3 is 14.6 Å². The van der Waals surface area contributed by atoms with Crippen molar-refractivity contribution in [2.75, 3.05) is 24.5 Å². The lowest BCUT2D eigenvalue weighted by Crippen LogP contribution is -2.44. The summed E-state index contributed by atoms with van der Waals surface area (Å²) < 4.78 is 75.4. The number of nitrogens with one attached hydrogen (secondary N) is 1. The number of nitrogens with zero attached hydrogens (tertiary/aromatic N) is 1. The molecule has 164 valence electrons. The van der Waals surface area contributed by atoms with Crippen molar-refractivity contribution in [3.63, 3.8) is 0 Å². The van der Waals surface area contributed by atoms with E-state index in [-0.39, 0.29) is 35.5 Å². The Balaban J connectivity index is 1.73. The largest absolute Gasteiger partial charge is 0.449 e. The number of fused-ring (bicyclic) bond motifs is 3. The zero-order chi connectivity index (χ0) is 21.7. The molecule has 4 rings (SSSR count). The molecule has 2 aromatic rings. The standard InChI is InChI=1S/C21H23F5N2O2/c1-12-2-4-13(5-3-12)20(22,23)11-28-9-8-27-19(29)18-17(28)15-10-14(21(24,25)26)6-7-16(15)30-18/h6-7,10,12-13H,2-5,8-9,11H2,1H3,(H,27,29). The van der Waals surface area contributed by atoms with Gasteiger partial charge in [0.25, 0.3) is 11.8 Å². The van der Waals surface area contributed by atoms with Crippen molar-refractivity contribution in [1.82, 2.24) is 5.32 Å². The highest BCUT2D eigenvalue weighted by Gasteiger charge is 2.44. The van der Waals surface area contributed by atoms with E-state index in [1.54, 1.807) is 0 Å². The highest BCUT2D eigenvalue weighted by atomic mass is 19.4. The molecule has 9 heteroatoms. The quantitative estimate of drug-likeness (QED) is 0.658. The SMILES string of the molecule is CC1CCC(C(F)(F)CN2CCNC(=O)c3oc4ccc(C(F)(F)F)cc4c32)CC1. The second kappa shape index (κ2) is 7.42. The molecule has 4 nitrogen and oxygen atoms in total. The number of rotatable bonds is 3. The lowest BCUT2D eigenvalue weighted by Gasteiger charge is -2.36. The van der Waals surface area contributed by atoms with Crippen LogP contribution in [-0.4, -0.2) is 31.5 Å². The first-order valence-corrected chi connectivity index (χ1v) is 10.1. The summed E-state index contributed by atoms with van der Waals surface area (Å²) in [5.74, 6) is -4.24. The van der Waals surface area contributed by atoms with Gasteiger partial charge in [-0.15, -0.1) is 0 Å². The Morgan fingerprint density at radius 3 is 2.50 bits per heavy atom. The van der Waals surface area contributed by atoms with Crippen molar-refractivity contribution >= 4 is 22.6 Å². The smallest absolute Gasteiger partial charge is 0.416 e. The van der Waals surface area contributed by atoms with Gasteiger partial charge in [-0.3, -0.25) is 4.79 Å². The summed E-state index contributed by atoms with van der Waals surface area (Å²) in [7, 11) is 0. The molecule has 1 aromatic carbocycles. The molecule has 1 aliphatic heterocycles. The Bertz CT molecular complexity index is 945. The fraction of sp³-hybridized carbons (Fsp3) is 0.571. The van der Waals surface area contributed by atoms with Crippen LogP contribution in [-0.2, 0) is 6.18 Å². The van der Waals surface area contributed by atoms with Crippen LogP contribution >= 0.6 is 0 Å². The summed E-state index contributed by atoms with van der Waals surface area (Å²) >= 11 is 0. The van der Waals surface area contributed by atoms with Crippen LogP contribution in [0.25, 0.3) is 11.0 Å². The summed E-state index contributed by atoms with van der Waals surface area (Å²) in [5.41, 5.74) is -0.851. The van der Waals surface area contributed by atoms with Crippen LogP contribution < -0.4 is 10.2 Å². The van der Waals surface area contributed by atoms with E-state index >= 15 is 8.78 Å². The molecule has 0 saturated heterocycles. The van der Waals surface area contributed by atoms with Crippen molar-refractivity contribution in [2.24, 2.45) is 11.8 Å². The minimum absolute atomic E-state index is 0.00922. The number of hydrogen-bond acceptors (Lipinski definition) is 3. The highest BCUT2D eigenvalue weighted by molar-refractivity contribution is 6.07. The molecule has 0 spiro atoms. The van der Waals surface area contributed by atoms with Crippen LogP contribution in [0.15, 0.2) is 22.6 Å². The predicted octanol–water partition coefficient (Wildman–Crippen LogP) is 5.46. The minimum atomic E-state index is -4.60. The predicted molar refractivity (Wildman–Crippen MR) is 102 cm³/mol. The molecule has 30 heavy (non-hydrogen) atoms. The Morgan fingerprint density at radius 2 is 1.83 bits per heavy atom. The fourth-order valence-electron chi connectivity index (χ4n) is 4.45. The van der Waals surface area contributed by atoms with E-state index in [2.05, 4.69) is 5.32 Å². The molecule has 0 radical (unpaired) electrons. The number of benzene rings is 1. The van der Waals surface area contributed by atoms with Crippen molar-refractivity contribution in [3.8, 4) is 0 Å². The maximum Gasteiger partial charge on any atom is 0.416 e. The number of amides is 1. The van der Waals surface area contributed by atoms with Gasteiger partial charge in [-0.05, 0) is 37.0 Å². The number of carbonyl (C=O) groups is 1. The third-order valence-corrected chi connectivity index (χ3v) is 6.19. The first kappa shape index (κ1) is 20.9. The number of furan rings is 1. The van der Waals surface area contributed by atoms with E-state index < -0.39 is 36.0 Å². The third kappa shape index (κ3) is 3.86. The van der Waals surface area contributed by atoms with Gasteiger partial charge in [0, 0.05) is 24.4 Å². The summed E-state index contributed by atoms with van der Waals surface area (Å²) in [6.45, 7) is 1.53. The van der Waals surface area contributed by atoms with Crippen LogP contribution in [0.5, 0.6) is 0 Å². The average Bonchev–Trinajstić information content (AvgIpc) is 2.98. The number of alkyl halides is 5. The lowest BCUT2D eigenvalue weighted by atomic mass is 9.79. The molecule has 0 unspecified atom stereocenters. The molecular formula is C21H23F5N2O2. The van der Waals surface area contributed by atoms with Crippen molar-refractivity contribution in [2.45, 2.75) is 44.7 Å². The van der Waals surface area contributed by atoms with Gasteiger partial charge in [-0.1, -0.05) is 19.8 Å². The zero-order valence-corrected chi connectivity index (χ0v) is 16.5. The van der Waals surface area contributed by atoms with Crippen LogP contribution in [0.4, 0.5) is 27.6 Å². The summed E-state index contributed by atoms with van der Waals surface area (Å²) in [4.78, 5) is 13.7. The number of halogens is 5. The van der Waals surface area contributed by atoms with Crippen molar-refractivity contribution < 1.29 is 31.2 Å². The highest BCUT2D eigenvalue weighted by Crippen LogP contribution is 2.43. The van der Waals surface area contributed by atoms with E-state index in [1.807, 2.05) is 6.92 Å². The summed E-state index contributed by atoms with van der Waals surface area (Å²) in [6.07, 6.45) is -2.31. The topological polar surface area (TPSA) is 45.5 Å². The molecule has 0 bridgehead atoms. The van der Waals surface area contributed by atoms with Gasteiger partial charge in [-0.25, -0.2) is 8.78 Å². The third-order valence-electron chi connectivity index (χ3n) is 6.19. The average molecular weight is 430 g/mol. The molecule has 2 heterocycles.